The number of carbonyl (C=O) groups excluding carboxylic acids is 4. The molecule has 4 amide bonds. The van der Waals surface area contributed by atoms with Gasteiger partial charge in [0.1, 0.15) is 0 Å². The average molecular weight is 659 g/mol. The smallest absolute Gasteiger partial charge is 0.261 e. The molecule has 2 aliphatic heterocycles. The predicted molar refractivity (Wildman–Crippen MR) is 197 cm³/mol. The molecule has 2 heterocycles. The van der Waals surface area contributed by atoms with E-state index in [4.69, 9.17) is 4.74 Å². The van der Waals surface area contributed by atoms with Gasteiger partial charge in [-0.25, -0.2) is 0 Å². The van der Waals surface area contributed by atoms with E-state index in [9.17, 15) is 19.2 Å². The molecule has 4 aromatic carbocycles. The second kappa shape index (κ2) is 20.3. The first-order valence-corrected chi connectivity index (χ1v) is 18.1. The summed E-state index contributed by atoms with van der Waals surface area (Å²) in [7, 11) is 0. The standard InChI is InChI=1S/C31H26N2O5S.4C2H6/c34-28-22-10-1-6-20-7-2-11-23(26(20)22)29(35)32(28)14-17-38-16-5-18-39-19-15-33-30(36)24-12-3-8-21-9-4-13-25(27(21)24)31(33)37;4*1-2/h1-4,6-13H,5,14-19H2;4*1-2H3. The Morgan fingerprint density at radius 3 is 1.23 bits per heavy atom. The Morgan fingerprint density at radius 2 is 0.851 bits per heavy atom. The molecule has 0 fully saturated rings. The Bertz CT molecular complexity index is 1430. The molecule has 2 aliphatic rings. The summed E-state index contributed by atoms with van der Waals surface area (Å²) in [5, 5.41) is 3.25. The number of nitrogens with zero attached hydrogens (tertiary/aromatic N) is 2. The third-order valence-corrected chi connectivity index (χ3v) is 8.26. The molecule has 252 valence electrons. The number of rotatable bonds is 10. The topological polar surface area (TPSA) is 84.0 Å². The van der Waals surface area contributed by atoms with Gasteiger partial charge in [-0.15, -0.1) is 0 Å². The number of imide groups is 2. The Morgan fingerprint density at radius 1 is 0.489 bits per heavy atom. The van der Waals surface area contributed by atoms with E-state index < -0.39 is 0 Å². The number of ether oxygens (including phenoxy) is 1. The normalized spacial score (nSPS) is 12.7. The van der Waals surface area contributed by atoms with Gasteiger partial charge in [-0.3, -0.25) is 29.0 Å². The van der Waals surface area contributed by atoms with E-state index in [1.165, 1.54) is 9.80 Å². The van der Waals surface area contributed by atoms with Crippen LogP contribution in [0.4, 0.5) is 0 Å². The lowest BCUT2D eigenvalue weighted by atomic mass is 9.94. The van der Waals surface area contributed by atoms with Crippen molar-refractivity contribution in [2.75, 3.05) is 37.8 Å². The first-order chi connectivity index (χ1) is 23.1. The maximum Gasteiger partial charge on any atom is 0.261 e. The first kappa shape index (κ1) is 39.2. The van der Waals surface area contributed by atoms with Gasteiger partial charge >= 0.3 is 0 Å². The van der Waals surface area contributed by atoms with Gasteiger partial charge in [-0.1, -0.05) is 104 Å². The summed E-state index contributed by atoms with van der Waals surface area (Å²) in [6.45, 7) is 17.3. The van der Waals surface area contributed by atoms with Gasteiger partial charge in [0.25, 0.3) is 23.6 Å². The van der Waals surface area contributed by atoms with Crippen LogP contribution in [-0.4, -0.2) is 71.2 Å². The molecule has 0 radical (unpaired) electrons. The summed E-state index contributed by atoms with van der Waals surface area (Å²) >= 11 is 1.66. The van der Waals surface area contributed by atoms with Gasteiger partial charge in [0.05, 0.1) is 13.2 Å². The monoisotopic (exact) mass is 658 g/mol. The van der Waals surface area contributed by atoms with Crippen molar-refractivity contribution in [3.05, 3.63) is 95.1 Å². The van der Waals surface area contributed by atoms with E-state index in [1.807, 2.05) is 104 Å². The van der Waals surface area contributed by atoms with Gasteiger partial charge in [0.2, 0.25) is 0 Å². The van der Waals surface area contributed by atoms with Gasteiger partial charge < -0.3 is 4.74 Å². The number of amides is 4. The highest BCUT2D eigenvalue weighted by Crippen LogP contribution is 2.31. The van der Waals surface area contributed by atoms with Crippen LogP contribution in [0.2, 0.25) is 0 Å². The fraction of sp³-hybridized carbons (Fsp3) is 0.385. The Labute approximate surface area is 284 Å². The third-order valence-electron chi connectivity index (χ3n) is 7.21. The highest BCUT2D eigenvalue weighted by molar-refractivity contribution is 7.99. The van der Waals surface area contributed by atoms with Crippen molar-refractivity contribution in [2.24, 2.45) is 0 Å². The molecule has 7 nitrogen and oxygen atoms in total. The zero-order valence-electron chi connectivity index (χ0n) is 29.2. The largest absolute Gasteiger partial charge is 0.380 e. The van der Waals surface area contributed by atoms with Crippen LogP contribution in [0.5, 0.6) is 0 Å². The van der Waals surface area contributed by atoms with Crippen LogP contribution >= 0.6 is 11.8 Å². The van der Waals surface area contributed by atoms with Crippen LogP contribution in [0, 0.1) is 0 Å². The fourth-order valence-electron chi connectivity index (χ4n) is 5.35. The summed E-state index contributed by atoms with van der Waals surface area (Å²) in [6.07, 6.45) is 0.777. The molecular weight excluding hydrogens is 609 g/mol. The molecular formula is C39H50N2O5S. The molecule has 8 heteroatoms. The van der Waals surface area contributed by atoms with Crippen molar-refractivity contribution in [1.29, 1.82) is 0 Å². The number of thioether (sulfide) groups is 1. The minimum atomic E-state index is -0.288. The Kier molecular flexibility index (Phi) is 16.9. The molecule has 0 N–H and O–H groups in total. The van der Waals surface area contributed by atoms with Gasteiger partial charge in [-0.2, -0.15) is 11.8 Å². The van der Waals surface area contributed by atoms with Crippen LogP contribution in [0.1, 0.15) is 103 Å². The molecule has 0 saturated heterocycles. The highest BCUT2D eigenvalue weighted by Gasteiger charge is 2.33. The number of hydrogen-bond donors (Lipinski definition) is 0. The maximum atomic E-state index is 13.0. The minimum Gasteiger partial charge on any atom is -0.380 e. The Balaban J connectivity index is 0.000000894. The van der Waals surface area contributed by atoms with Gasteiger partial charge in [0.15, 0.2) is 0 Å². The van der Waals surface area contributed by atoms with Crippen molar-refractivity contribution in [2.45, 2.75) is 61.8 Å². The van der Waals surface area contributed by atoms with Crippen molar-refractivity contribution >= 4 is 56.9 Å². The predicted octanol–water partition coefficient (Wildman–Crippen LogP) is 9.13. The van der Waals surface area contributed by atoms with E-state index >= 15 is 0 Å². The lowest BCUT2D eigenvalue weighted by Crippen LogP contribution is -2.42. The summed E-state index contributed by atoms with van der Waals surface area (Å²) in [5.74, 6) is 0.382. The van der Waals surface area contributed by atoms with Crippen LogP contribution < -0.4 is 0 Å². The number of hydrogen-bond acceptors (Lipinski definition) is 6. The van der Waals surface area contributed by atoms with Crippen molar-refractivity contribution in [3.63, 3.8) is 0 Å². The van der Waals surface area contributed by atoms with E-state index in [1.54, 1.807) is 36.0 Å². The van der Waals surface area contributed by atoms with Gasteiger partial charge in [-0.05, 0) is 47.2 Å². The van der Waals surface area contributed by atoms with Crippen molar-refractivity contribution in [3.8, 4) is 0 Å². The van der Waals surface area contributed by atoms with Crippen LogP contribution in [-0.2, 0) is 4.74 Å². The summed E-state index contributed by atoms with van der Waals surface area (Å²) in [4.78, 5) is 54.4. The second-order valence-corrected chi connectivity index (χ2v) is 10.7. The zero-order chi connectivity index (χ0) is 34.9. The molecule has 0 unspecified atom stereocenters. The van der Waals surface area contributed by atoms with Crippen LogP contribution in [0.25, 0.3) is 21.5 Å². The molecule has 0 atom stereocenters. The second-order valence-electron chi connectivity index (χ2n) is 9.52. The molecule has 0 saturated carbocycles. The third kappa shape index (κ3) is 8.67. The molecule has 6 rings (SSSR count). The van der Waals surface area contributed by atoms with Crippen LogP contribution in [0.15, 0.2) is 72.8 Å². The minimum absolute atomic E-state index is 0.197. The number of benzene rings is 4. The summed E-state index contributed by atoms with van der Waals surface area (Å²) in [5.41, 5.74) is 2.24. The molecule has 47 heavy (non-hydrogen) atoms. The molecule has 0 aliphatic carbocycles. The summed E-state index contributed by atoms with van der Waals surface area (Å²) in [6, 6.07) is 22.1. The van der Waals surface area contributed by atoms with E-state index in [0.717, 1.165) is 33.7 Å². The summed E-state index contributed by atoms with van der Waals surface area (Å²) < 4.78 is 5.72. The van der Waals surface area contributed by atoms with E-state index in [-0.39, 0.29) is 36.8 Å². The average Bonchev–Trinajstić information content (AvgIpc) is 3.14. The highest BCUT2D eigenvalue weighted by atomic mass is 32.2. The Hall–Kier alpha value is -4.01. The first-order valence-electron chi connectivity index (χ1n) is 17.0. The van der Waals surface area contributed by atoms with E-state index in [2.05, 4.69) is 0 Å². The number of carbonyl (C=O) groups is 4. The molecule has 4 aromatic rings. The quantitative estimate of drug-likeness (QED) is 0.125. The van der Waals surface area contributed by atoms with Crippen molar-refractivity contribution in [1.82, 2.24) is 9.80 Å². The fourth-order valence-corrected chi connectivity index (χ4v) is 6.18. The SMILES string of the molecule is CC.CC.CC.CC.O=C1c2cccc3cccc(c23)C(=O)N1CCOCCCSCCN1C(=O)c2cccc3cccc(c23)C1=O. The molecule has 0 aromatic heterocycles. The van der Waals surface area contributed by atoms with Crippen molar-refractivity contribution < 1.29 is 23.9 Å². The van der Waals surface area contributed by atoms with Crippen LogP contribution in [0.3, 0.4) is 0 Å². The lowest BCUT2D eigenvalue weighted by Gasteiger charge is -2.27. The zero-order valence-corrected chi connectivity index (χ0v) is 30.0. The molecule has 0 spiro atoms. The van der Waals surface area contributed by atoms with Gasteiger partial charge in [0, 0.05) is 51.9 Å². The molecule has 0 bridgehead atoms. The maximum absolute atomic E-state index is 13.0. The van der Waals surface area contributed by atoms with E-state index in [0.29, 0.717) is 41.2 Å². The lowest BCUT2D eigenvalue weighted by molar-refractivity contribution is 0.0522.